The molecule has 28 heavy (non-hydrogen) atoms. The number of ether oxygens (including phenoxy) is 1. The third-order valence-electron chi connectivity index (χ3n) is 4.84. The van der Waals surface area contributed by atoms with Crippen molar-refractivity contribution in [1.82, 2.24) is 0 Å². The number of hydrogen-bond acceptors (Lipinski definition) is 4. The molecule has 0 saturated carbocycles. The Morgan fingerprint density at radius 2 is 1.25 bits per heavy atom. The fourth-order valence-electron chi connectivity index (χ4n) is 2.98. The van der Waals surface area contributed by atoms with E-state index < -0.39 is 11.9 Å². The van der Waals surface area contributed by atoms with Crippen molar-refractivity contribution in [3.8, 4) is 0 Å². The highest BCUT2D eigenvalue weighted by Gasteiger charge is 2.27. The summed E-state index contributed by atoms with van der Waals surface area (Å²) >= 11 is 0. The van der Waals surface area contributed by atoms with Crippen LogP contribution in [-0.4, -0.2) is 24.6 Å². The van der Waals surface area contributed by atoms with Crippen LogP contribution >= 0.6 is 0 Å². The van der Waals surface area contributed by atoms with Crippen LogP contribution in [0.25, 0.3) is 0 Å². The van der Waals surface area contributed by atoms with Crippen LogP contribution in [0.15, 0.2) is 48.5 Å². The van der Waals surface area contributed by atoms with Gasteiger partial charge in [-0.3, -0.25) is 14.4 Å². The van der Waals surface area contributed by atoms with Gasteiger partial charge >= 0.3 is 5.97 Å². The molecule has 0 N–H and O–H groups in total. The van der Waals surface area contributed by atoms with E-state index in [4.69, 9.17) is 4.74 Å². The van der Waals surface area contributed by atoms with Crippen LogP contribution in [0.5, 0.6) is 0 Å². The second kappa shape index (κ2) is 8.96. The number of esters is 1. The number of benzene rings is 2. The molecular formula is C24H28O4. The molecule has 0 heterocycles. The van der Waals surface area contributed by atoms with Gasteiger partial charge in [-0.05, 0) is 17.9 Å². The van der Waals surface area contributed by atoms with Gasteiger partial charge in [0.15, 0.2) is 11.6 Å². The Kier molecular flexibility index (Phi) is 6.90. The largest absolute Gasteiger partial charge is 0.469 e. The average molecular weight is 380 g/mol. The van der Waals surface area contributed by atoms with Gasteiger partial charge in [-0.1, -0.05) is 74.9 Å². The maximum Gasteiger partial charge on any atom is 0.309 e. The van der Waals surface area contributed by atoms with E-state index in [1.54, 1.807) is 24.3 Å². The standard InChI is InChI=1S/C24H28O4/c1-16-6-8-17(9-7-16)21(25)14-19(23(27)28-5)15-22(26)18-10-12-20(13-11-18)24(2,3)4/h6-13,19H,14-15H2,1-5H3. The highest BCUT2D eigenvalue weighted by atomic mass is 16.5. The van der Waals surface area contributed by atoms with Crippen LogP contribution in [0.2, 0.25) is 0 Å². The van der Waals surface area contributed by atoms with Crippen molar-refractivity contribution >= 4 is 17.5 Å². The zero-order chi connectivity index (χ0) is 20.9. The predicted molar refractivity (Wildman–Crippen MR) is 110 cm³/mol. The van der Waals surface area contributed by atoms with Crippen LogP contribution in [0.1, 0.15) is 65.5 Å². The highest BCUT2D eigenvalue weighted by Crippen LogP contribution is 2.24. The van der Waals surface area contributed by atoms with Gasteiger partial charge in [0, 0.05) is 24.0 Å². The monoisotopic (exact) mass is 380 g/mol. The molecule has 0 aliphatic rings. The fraction of sp³-hybridized carbons (Fsp3) is 0.375. The van der Waals surface area contributed by atoms with E-state index >= 15 is 0 Å². The minimum absolute atomic E-state index is 0.00339. The van der Waals surface area contributed by atoms with Gasteiger partial charge in [0.25, 0.3) is 0 Å². The van der Waals surface area contributed by atoms with E-state index in [1.807, 2.05) is 31.2 Å². The lowest BCUT2D eigenvalue weighted by Crippen LogP contribution is -2.23. The van der Waals surface area contributed by atoms with Gasteiger partial charge in [0.05, 0.1) is 13.0 Å². The van der Waals surface area contributed by atoms with Crippen LogP contribution in [0.4, 0.5) is 0 Å². The molecule has 0 bridgehead atoms. The summed E-state index contributed by atoms with van der Waals surface area (Å²) in [7, 11) is 1.27. The summed E-state index contributed by atoms with van der Waals surface area (Å²) < 4.78 is 4.83. The number of ketones is 2. The second-order valence-corrected chi connectivity index (χ2v) is 8.17. The van der Waals surface area contributed by atoms with E-state index in [0.29, 0.717) is 11.1 Å². The minimum atomic E-state index is -0.798. The van der Waals surface area contributed by atoms with Crippen molar-refractivity contribution < 1.29 is 19.1 Å². The molecule has 1 atom stereocenters. The molecule has 148 valence electrons. The molecule has 4 heteroatoms. The van der Waals surface area contributed by atoms with Crippen molar-refractivity contribution in [3.05, 3.63) is 70.8 Å². The second-order valence-electron chi connectivity index (χ2n) is 8.17. The summed E-state index contributed by atoms with van der Waals surface area (Å²) in [6.07, 6.45) is -0.110. The minimum Gasteiger partial charge on any atom is -0.469 e. The Labute approximate surface area is 166 Å². The number of carbonyl (C=O) groups excluding carboxylic acids is 3. The number of Topliss-reactive ketones (excluding diaryl/α,β-unsaturated/α-hetero) is 2. The third-order valence-corrected chi connectivity index (χ3v) is 4.84. The van der Waals surface area contributed by atoms with Crippen LogP contribution < -0.4 is 0 Å². The van der Waals surface area contributed by atoms with E-state index in [2.05, 4.69) is 20.8 Å². The predicted octanol–water partition coefficient (Wildman–Crippen LogP) is 4.93. The molecule has 2 aromatic rings. The molecule has 0 fully saturated rings. The molecule has 0 aliphatic carbocycles. The lowest BCUT2D eigenvalue weighted by molar-refractivity contribution is -0.145. The third kappa shape index (κ3) is 5.62. The van der Waals surface area contributed by atoms with Gasteiger partial charge in [-0.25, -0.2) is 0 Å². The Morgan fingerprint density at radius 1 is 0.821 bits per heavy atom. The Morgan fingerprint density at radius 3 is 1.64 bits per heavy atom. The number of hydrogen-bond donors (Lipinski definition) is 0. The molecule has 0 spiro atoms. The van der Waals surface area contributed by atoms with E-state index in [1.165, 1.54) is 7.11 Å². The number of methoxy groups -OCH3 is 1. The van der Waals surface area contributed by atoms with E-state index in [-0.39, 0.29) is 29.8 Å². The van der Waals surface area contributed by atoms with Gasteiger partial charge in [0.2, 0.25) is 0 Å². The molecule has 0 aromatic heterocycles. The molecule has 1 unspecified atom stereocenters. The lowest BCUT2D eigenvalue weighted by Gasteiger charge is -2.19. The van der Waals surface area contributed by atoms with Crippen LogP contribution in [0.3, 0.4) is 0 Å². The van der Waals surface area contributed by atoms with Crippen molar-refractivity contribution in [1.29, 1.82) is 0 Å². The summed E-state index contributed by atoms with van der Waals surface area (Å²) in [5.74, 6) is -1.69. The highest BCUT2D eigenvalue weighted by molar-refractivity contribution is 6.01. The summed E-state index contributed by atoms with van der Waals surface area (Å²) in [6.45, 7) is 8.25. The molecule has 0 aliphatic heterocycles. The van der Waals surface area contributed by atoms with E-state index in [0.717, 1.165) is 11.1 Å². The number of aryl methyl sites for hydroxylation is 1. The average Bonchev–Trinajstić information content (AvgIpc) is 2.66. The molecule has 0 amide bonds. The first-order valence-corrected chi connectivity index (χ1v) is 9.43. The van der Waals surface area contributed by atoms with Crippen LogP contribution in [-0.2, 0) is 14.9 Å². The van der Waals surface area contributed by atoms with Gasteiger partial charge in [-0.2, -0.15) is 0 Å². The summed E-state index contributed by atoms with van der Waals surface area (Å²) in [4.78, 5) is 37.4. The van der Waals surface area contributed by atoms with Crippen molar-refractivity contribution in [2.45, 2.75) is 46.0 Å². The normalized spacial score (nSPS) is 12.3. The maximum absolute atomic E-state index is 12.7. The van der Waals surface area contributed by atoms with Crippen molar-refractivity contribution in [3.63, 3.8) is 0 Å². The Bertz CT molecular complexity index is 840. The summed E-state index contributed by atoms with van der Waals surface area (Å²) in [5.41, 5.74) is 3.24. The lowest BCUT2D eigenvalue weighted by atomic mass is 9.85. The quantitative estimate of drug-likeness (QED) is 0.505. The number of carbonyl (C=O) groups is 3. The number of rotatable bonds is 7. The Balaban J connectivity index is 2.13. The molecular weight excluding hydrogens is 352 g/mol. The molecule has 0 saturated heterocycles. The summed E-state index contributed by atoms with van der Waals surface area (Å²) in [6, 6.07) is 14.6. The van der Waals surface area contributed by atoms with E-state index in [9.17, 15) is 14.4 Å². The molecule has 2 aromatic carbocycles. The first-order valence-electron chi connectivity index (χ1n) is 9.43. The first kappa shape index (κ1) is 21.5. The first-order chi connectivity index (χ1) is 13.1. The van der Waals surface area contributed by atoms with Gasteiger partial charge < -0.3 is 4.74 Å². The SMILES string of the molecule is COC(=O)C(CC(=O)c1ccc(C)cc1)CC(=O)c1ccc(C(C)(C)C)cc1. The van der Waals surface area contributed by atoms with Gasteiger partial charge in [0.1, 0.15) is 0 Å². The fourth-order valence-corrected chi connectivity index (χ4v) is 2.98. The van der Waals surface area contributed by atoms with Crippen molar-refractivity contribution in [2.24, 2.45) is 5.92 Å². The van der Waals surface area contributed by atoms with Gasteiger partial charge in [-0.15, -0.1) is 0 Å². The zero-order valence-corrected chi connectivity index (χ0v) is 17.2. The molecule has 4 nitrogen and oxygen atoms in total. The maximum atomic E-state index is 12.7. The topological polar surface area (TPSA) is 60.4 Å². The van der Waals surface area contributed by atoms with Crippen molar-refractivity contribution in [2.75, 3.05) is 7.11 Å². The summed E-state index contributed by atoms with van der Waals surface area (Å²) in [5, 5.41) is 0. The zero-order valence-electron chi connectivity index (χ0n) is 17.2. The smallest absolute Gasteiger partial charge is 0.309 e. The Hall–Kier alpha value is -2.75. The molecule has 0 radical (unpaired) electrons. The van der Waals surface area contributed by atoms with Crippen LogP contribution in [0, 0.1) is 12.8 Å². The molecule has 2 rings (SSSR count).